The third kappa shape index (κ3) is 2.69. The molecule has 0 amide bonds. The Morgan fingerprint density at radius 2 is 2.07 bits per heavy atom. The Morgan fingerprint density at radius 1 is 1.40 bits per heavy atom. The second kappa shape index (κ2) is 4.49. The number of morpholine rings is 1. The van der Waals surface area contributed by atoms with Gasteiger partial charge in [-0.1, -0.05) is 15.9 Å². The summed E-state index contributed by atoms with van der Waals surface area (Å²) in [6, 6.07) is 3.99. The molecule has 15 heavy (non-hydrogen) atoms. The summed E-state index contributed by atoms with van der Waals surface area (Å²) in [6.45, 7) is 6.02. The van der Waals surface area contributed by atoms with E-state index in [-0.39, 0.29) is 12.2 Å². The van der Waals surface area contributed by atoms with Gasteiger partial charge in [-0.3, -0.25) is 0 Å². The van der Waals surface area contributed by atoms with Crippen LogP contribution in [0.1, 0.15) is 13.8 Å². The first-order valence-electron chi connectivity index (χ1n) is 5.17. The average Bonchev–Trinajstić information content (AvgIpc) is 2.16. The summed E-state index contributed by atoms with van der Waals surface area (Å²) in [4.78, 5) is 6.64. The smallest absolute Gasteiger partial charge is 0.129 e. The van der Waals surface area contributed by atoms with Gasteiger partial charge >= 0.3 is 0 Å². The second-order valence-electron chi connectivity index (χ2n) is 3.99. The largest absolute Gasteiger partial charge is 0.372 e. The van der Waals surface area contributed by atoms with Crippen molar-refractivity contribution in [2.24, 2.45) is 0 Å². The van der Waals surface area contributed by atoms with E-state index in [1.807, 2.05) is 18.3 Å². The molecule has 0 N–H and O–H groups in total. The van der Waals surface area contributed by atoms with Crippen LogP contribution >= 0.6 is 15.9 Å². The van der Waals surface area contributed by atoms with Crippen LogP contribution in [0.4, 0.5) is 5.82 Å². The van der Waals surface area contributed by atoms with Crippen LogP contribution < -0.4 is 4.90 Å². The van der Waals surface area contributed by atoms with Crippen LogP contribution in [-0.2, 0) is 4.74 Å². The maximum atomic E-state index is 5.69. The summed E-state index contributed by atoms with van der Waals surface area (Å²) in [7, 11) is 0. The Morgan fingerprint density at radius 3 is 2.67 bits per heavy atom. The summed E-state index contributed by atoms with van der Waals surface area (Å²) >= 11 is 3.46. The number of ether oxygens (including phenoxy) is 1. The van der Waals surface area contributed by atoms with Crippen LogP contribution in [-0.4, -0.2) is 30.3 Å². The first-order valence-corrected chi connectivity index (χ1v) is 5.96. The molecule has 1 aliphatic rings. The third-order valence-corrected chi connectivity index (χ3v) is 2.94. The molecule has 2 heterocycles. The predicted octanol–water partition coefficient (Wildman–Crippen LogP) is 2.46. The summed E-state index contributed by atoms with van der Waals surface area (Å²) in [6.07, 6.45) is 2.37. The maximum Gasteiger partial charge on any atom is 0.129 e. The lowest BCUT2D eigenvalue weighted by Crippen LogP contribution is -2.45. The molecule has 1 aromatic rings. The molecule has 1 unspecified atom stereocenters. The van der Waals surface area contributed by atoms with E-state index in [1.165, 1.54) is 0 Å². The highest BCUT2D eigenvalue weighted by Crippen LogP contribution is 2.20. The number of pyridine rings is 1. The van der Waals surface area contributed by atoms with Gasteiger partial charge < -0.3 is 9.64 Å². The van der Waals surface area contributed by atoms with Gasteiger partial charge in [-0.25, -0.2) is 4.98 Å². The summed E-state index contributed by atoms with van der Waals surface area (Å²) in [5, 5.41) is 0. The van der Waals surface area contributed by atoms with E-state index in [1.54, 1.807) is 0 Å². The van der Waals surface area contributed by atoms with Crippen LogP contribution in [0, 0.1) is 0 Å². The Balaban J connectivity index is 2.16. The molecule has 2 rings (SSSR count). The van der Waals surface area contributed by atoms with Crippen molar-refractivity contribution >= 4 is 21.7 Å². The Kier molecular flexibility index (Phi) is 3.26. The van der Waals surface area contributed by atoms with Gasteiger partial charge in [0, 0.05) is 23.8 Å². The first-order chi connectivity index (χ1) is 7.15. The van der Waals surface area contributed by atoms with Crippen molar-refractivity contribution in [3.8, 4) is 0 Å². The molecule has 0 radical (unpaired) electrons. The van der Waals surface area contributed by atoms with Gasteiger partial charge in [0.1, 0.15) is 5.82 Å². The molecule has 4 heteroatoms. The molecule has 0 spiro atoms. The van der Waals surface area contributed by atoms with Gasteiger partial charge in [0.05, 0.1) is 12.2 Å². The number of anilines is 1. The van der Waals surface area contributed by atoms with E-state index in [0.29, 0.717) is 0 Å². The topological polar surface area (TPSA) is 25.4 Å². The van der Waals surface area contributed by atoms with E-state index < -0.39 is 0 Å². The van der Waals surface area contributed by atoms with Crippen LogP contribution in [0.3, 0.4) is 0 Å². The van der Waals surface area contributed by atoms with Gasteiger partial charge in [0.2, 0.25) is 0 Å². The zero-order chi connectivity index (χ0) is 10.8. The van der Waals surface area contributed by atoms with Crippen molar-refractivity contribution in [1.82, 2.24) is 4.98 Å². The van der Waals surface area contributed by atoms with Gasteiger partial charge in [-0.05, 0) is 26.0 Å². The summed E-state index contributed by atoms with van der Waals surface area (Å²) < 4.78 is 6.76. The first kappa shape index (κ1) is 10.9. The van der Waals surface area contributed by atoms with Crippen molar-refractivity contribution in [2.45, 2.75) is 26.1 Å². The maximum absolute atomic E-state index is 5.69. The second-order valence-corrected chi connectivity index (χ2v) is 4.91. The van der Waals surface area contributed by atoms with Crippen molar-refractivity contribution in [3.05, 3.63) is 22.8 Å². The quantitative estimate of drug-likeness (QED) is 0.784. The Hall–Kier alpha value is -0.610. The molecule has 0 saturated carbocycles. The highest BCUT2D eigenvalue weighted by molar-refractivity contribution is 9.10. The van der Waals surface area contributed by atoms with Gasteiger partial charge in [0.15, 0.2) is 0 Å². The third-order valence-electron chi connectivity index (χ3n) is 2.45. The van der Waals surface area contributed by atoms with Crippen LogP contribution in [0.25, 0.3) is 0 Å². The molecule has 82 valence electrons. The van der Waals surface area contributed by atoms with E-state index in [2.05, 4.69) is 39.7 Å². The standard InChI is InChI=1S/C11H15BrN2O/c1-8-6-14(7-9(2)15-8)11-5-10(12)3-4-13-11/h3-5,8-9H,6-7H2,1-2H3/t8-,9?/m0/s1. The van der Waals surface area contributed by atoms with Gasteiger partial charge in [0.25, 0.3) is 0 Å². The minimum Gasteiger partial charge on any atom is -0.372 e. The highest BCUT2D eigenvalue weighted by Gasteiger charge is 2.22. The summed E-state index contributed by atoms with van der Waals surface area (Å²) in [5.41, 5.74) is 0. The lowest BCUT2D eigenvalue weighted by atomic mass is 10.2. The molecule has 1 aliphatic heterocycles. The monoisotopic (exact) mass is 270 g/mol. The lowest BCUT2D eigenvalue weighted by molar-refractivity contribution is -0.00546. The zero-order valence-electron chi connectivity index (χ0n) is 8.98. The molecule has 1 saturated heterocycles. The molecule has 1 fully saturated rings. The Bertz CT molecular complexity index is 335. The number of nitrogens with zero attached hydrogens (tertiary/aromatic N) is 2. The van der Waals surface area contributed by atoms with Gasteiger partial charge in [-0.15, -0.1) is 0 Å². The number of aromatic nitrogens is 1. The number of hydrogen-bond acceptors (Lipinski definition) is 3. The lowest BCUT2D eigenvalue weighted by Gasteiger charge is -2.36. The highest BCUT2D eigenvalue weighted by atomic mass is 79.9. The molecule has 0 bridgehead atoms. The van der Waals surface area contributed by atoms with Crippen molar-refractivity contribution in [3.63, 3.8) is 0 Å². The van der Waals surface area contributed by atoms with Crippen molar-refractivity contribution in [1.29, 1.82) is 0 Å². The number of rotatable bonds is 1. The van der Waals surface area contributed by atoms with Crippen LogP contribution in [0.2, 0.25) is 0 Å². The molecule has 2 atom stereocenters. The SMILES string of the molecule is CC1CN(c2cc(Br)ccn2)C[C@H](C)O1. The Labute approximate surface area is 98.6 Å². The van der Waals surface area contributed by atoms with E-state index in [9.17, 15) is 0 Å². The zero-order valence-corrected chi connectivity index (χ0v) is 10.6. The molecular formula is C11H15BrN2O. The fourth-order valence-corrected chi connectivity index (χ4v) is 2.25. The van der Waals surface area contributed by atoms with Gasteiger partial charge in [-0.2, -0.15) is 0 Å². The van der Waals surface area contributed by atoms with Crippen LogP contribution in [0.15, 0.2) is 22.8 Å². The average molecular weight is 271 g/mol. The normalized spacial score (nSPS) is 26.7. The molecule has 0 aliphatic carbocycles. The number of halogens is 1. The molecule has 3 nitrogen and oxygen atoms in total. The van der Waals surface area contributed by atoms with Crippen molar-refractivity contribution in [2.75, 3.05) is 18.0 Å². The van der Waals surface area contributed by atoms with Crippen molar-refractivity contribution < 1.29 is 4.74 Å². The fourth-order valence-electron chi connectivity index (χ4n) is 1.93. The van der Waals surface area contributed by atoms with E-state index >= 15 is 0 Å². The van der Waals surface area contributed by atoms with Crippen LogP contribution in [0.5, 0.6) is 0 Å². The molecule has 1 aromatic heterocycles. The summed E-state index contributed by atoms with van der Waals surface area (Å²) in [5.74, 6) is 1.02. The fraction of sp³-hybridized carbons (Fsp3) is 0.545. The minimum atomic E-state index is 0.273. The van der Waals surface area contributed by atoms with E-state index in [4.69, 9.17) is 4.74 Å². The number of hydrogen-bond donors (Lipinski definition) is 0. The predicted molar refractivity (Wildman–Crippen MR) is 64.2 cm³/mol. The molecular weight excluding hydrogens is 256 g/mol. The minimum absolute atomic E-state index is 0.273. The van der Waals surface area contributed by atoms with E-state index in [0.717, 1.165) is 23.4 Å². The molecule has 0 aromatic carbocycles.